The normalized spacial score (nSPS) is 10.7. The first-order chi connectivity index (χ1) is 14.2. The van der Waals surface area contributed by atoms with Crippen molar-refractivity contribution in [1.29, 1.82) is 0 Å². The molecule has 1 aromatic heterocycles. The summed E-state index contributed by atoms with van der Waals surface area (Å²) in [5, 5.41) is 6.06. The van der Waals surface area contributed by atoms with Crippen LogP contribution in [0.1, 0.15) is 16.7 Å². The number of halogens is 3. The number of H-pyrrole nitrogens is 1. The summed E-state index contributed by atoms with van der Waals surface area (Å²) in [6, 6.07) is 21.9. The van der Waals surface area contributed by atoms with E-state index in [1.807, 2.05) is 30.3 Å². The molecule has 0 amide bonds. The van der Waals surface area contributed by atoms with Crippen LogP contribution in [0.5, 0.6) is 5.75 Å². The van der Waals surface area contributed by atoms with Gasteiger partial charge < -0.3 is 15.0 Å². The highest BCUT2D eigenvalue weighted by Gasteiger charge is 2.07. The first-order valence-electron chi connectivity index (χ1n) is 9.61. The van der Waals surface area contributed by atoms with Gasteiger partial charge in [0.25, 0.3) is 0 Å². The van der Waals surface area contributed by atoms with E-state index in [0.717, 1.165) is 36.4 Å². The van der Waals surface area contributed by atoms with E-state index in [-0.39, 0.29) is 12.4 Å². The summed E-state index contributed by atoms with van der Waals surface area (Å²) in [4.78, 5) is 3.33. The van der Waals surface area contributed by atoms with Crippen molar-refractivity contribution in [2.24, 2.45) is 0 Å². The Bertz CT molecular complexity index is 1110. The van der Waals surface area contributed by atoms with Crippen LogP contribution >= 0.6 is 35.6 Å². The molecule has 156 valence electrons. The highest BCUT2D eigenvalue weighted by atomic mass is 35.5. The Hall–Kier alpha value is -2.17. The Labute approximate surface area is 192 Å². The van der Waals surface area contributed by atoms with E-state index in [2.05, 4.69) is 46.8 Å². The Morgan fingerprint density at radius 1 is 0.867 bits per heavy atom. The molecule has 0 saturated carbocycles. The minimum atomic E-state index is 0. The molecule has 0 aliphatic heterocycles. The van der Waals surface area contributed by atoms with Gasteiger partial charge in [0.2, 0.25) is 0 Å². The van der Waals surface area contributed by atoms with Crippen LogP contribution in [0.2, 0.25) is 10.0 Å². The SMILES string of the molecule is Cl.Clc1ccc(COc2ccccc2CNCCc2c[nH]c3ccccc23)c(Cl)c1. The average Bonchev–Trinajstić information content (AvgIpc) is 3.14. The molecule has 0 spiro atoms. The van der Waals surface area contributed by atoms with Gasteiger partial charge in [-0.2, -0.15) is 0 Å². The third-order valence-electron chi connectivity index (χ3n) is 4.93. The smallest absolute Gasteiger partial charge is 0.124 e. The van der Waals surface area contributed by atoms with Gasteiger partial charge in [-0.3, -0.25) is 0 Å². The van der Waals surface area contributed by atoms with Gasteiger partial charge in [-0.05, 0) is 42.8 Å². The number of para-hydroxylation sites is 2. The van der Waals surface area contributed by atoms with E-state index in [0.29, 0.717) is 16.7 Å². The van der Waals surface area contributed by atoms with E-state index >= 15 is 0 Å². The van der Waals surface area contributed by atoms with Crippen LogP contribution < -0.4 is 10.1 Å². The number of rotatable bonds is 8. The summed E-state index contributed by atoms with van der Waals surface area (Å²) in [5.41, 5.74) is 4.55. The van der Waals surface area contributed by atoms with Crippen molar-refractivity contribution in [3.63, 3.8) is 0 Å². The van der Waals surface area contributed by atoms with Crippen LogP contribution in [0.25, 0.3) is 10.9 Å². The predicted molar refractivity (Wildman–Crippen MR) is 128 cm³/mol. The molecule has 0 aliphatic carbocycles. The van der Waals surface area contributed by atoms with Crippen molar-refractivity contribution in [3.8, 4) is 5.75 Å². The average molecular weight is 462 g/mol. The van der Waals surface area contributed by atoms with Gasteiger partial charge in [0, 0.05) is 44.8 Å². The second kappa shape index (κ2) is 10.7. The second-order valence-corrected chi connectivity index (χ2v) is 7.76. The Kier molecular flexibility index (Phi) is 8.06. The molecular weight excluding hydrogens is 439 g/mol. The summed E-state index contributed by atoms with van der Waals surface area (Å²) in [5.74, 6) is 0.859. The van der Waals surface area contributed by atoms with Gasteiger partial charge >= 0.3 is 0 Å². The molecule has 6 heteroatoms. The highest BCUT2D eigenvalue weighted by molar-refractivity contribution is 6.35. The molecular formula is C24H23Cl3N2O. The molecule has 0 bridgehead atoms. The molecule has 3 aromatic carbocycles. The summed E-state index contributed by atoms with van der Waals surface area (Å²) < 4.78 is 6.03. The van der Waals surface area contributed by atoms with Crippen molar-refractivity contribution < 1.29 is 4.74 Å². The molecule has 30 heavy (non-hydrogen) atoms. The standard InChI is InChI=1S/C24H22Cl2N2O.ClH/c25-20-10-9-19(22(26)13-20)16-29-24-8-4-1-5-18(24)14-27-12-11-17-15-28-23-7-3-2-6-21(17)23;/h1-10,13,15,27-28H,11-12,14,16H2;1H. The lowest BCUT2D eigenvalue weighted by molar-refractivity contribution is 0.302. The molecule has 1 heterocycles. The van der Waals surface area contributed by atoms with Gasteiger partial charge in [0.15, 0.2) is 0 Å². The maximum Gasteiger partial charge on any atom is 0.124 e. The molecule has 0 unspecified atom stereocenters. The summed E-state index contributed by atoms with van der Waals surface area (Å²) >= 11 is 12.2. The quantitative estimate of drug-likeness (QED) is 0.283. The number of aromatic nitrogens is 1. The molecule has 4 rings (SSSR count). The van der Waals surface area contributed by atoms with E-state index < -0.39 is 0 Å². The van der Waals surface area contributed by atoms with Crippen LogP contribution in [0, 0.1) is 0 Å². The van der Waals surface area contributed by atoms with Gasteiger partial charge in [0.05, 0.1) is 0 Å². The van der Waals surface area contributed by atoms with Gasteiger partial charge in [-0.25, -0.2) is 0 Å². The van der Waals surface area contributed by atoms with Crippen molar-refractivity contribution in [1.82, 2.24) is 10.3 Å². The van der Waals surface area contributed by atoms with E-state index in [1.165, 1.54) is 16.5 Å². The number of fused-ring (bicyclic) bond motifs is 1. The monoisotopic (exact) mass is 460 g/mol. The Morgan fingerprint density at radius 3 is 2.53 bits per heavy atom. The summed E-state index contributed by atoms with van der Waals surface area (Å²) in [6.45, 7) is 2.04. The van der Waals surface area contributed by atoms with Crippen molar-refractivity contribution in [2.45, 2.75) is 19.6 Å². The maximum absolute atomic E-state index is 6.25. The predicted octanol–water partition coefficient (Wildman–Crippen LogP) is 6.81. The fraction of sp³-hybridized carbons (Fsp3) is 0.167. The van der Waals surface area contributed by atoms with Crippen molar-refractivity contribution in [2.75, 3.05) is 6.54 Å². The first-order valence-corrected chi connectivity index (χ1v) is 10.4. The van der Waals surface area contributed by atoms with Gasteiger partial charge in [-0.15, -0.1) is 12.4 Å². The number of hydrogen-bond acceptors (Lipinski definition) is 2. The number of nitrogens with one attached hydrogen (secondary N) is 2. The lowest BCUT2D eigenvalue weighted by atomic mass is 10.1. The molecule has 4 aromatic rings. The fourth-order valence-electron chi connectivity index (χ4n) is 3.37. The van der Waals surface area contributed by atoms with Crippen LogP contribution in [0.4, 0.5) is 0 Å². The third-order valence-corrected chi connectivity index (χ3v) is 5.52. The second-order valence-electron chi connectivity index (χ2n) is 6.92. The number of ether oxygens (including phenoxy) is 1. The molecule has 0 aliphatic rings. The van der Waals surface area contributed by atoms with Gasteiger partial charge in [-0.1, -0.05) is 65.7 Å². The number of aromatic amines is 1. The largest absolute Gasteiger partial charge is 0.489 e. The summed E-state index contributed by atoms with van der Waals surface area (Å²) in [6.07, 6.45) is 3.06. The van der Waals surface area contributed by atoms with Crippen molar-refractivity contribution >= 4 is 46.5 Å². The van der Waals surface area contributed by atoms with Crippen LogP contribution in [0.3, 0.4) is 0 Å². The molecule has 0 radical (unpaired) electrons. The third kappa shape index (κ3) is 5.50. The maximum atomic E-state index is 6.25. The lowest BCUT2D eigenvalue weighted by Gasteiger charge is -2.13. The Balaban J connectivity index is 0.00000256. The van der Waals surface area contributed by atoms with E-state index in [1.54, 1.807) is 6.07 Å². The van der Waals surface area contributed by atoms with E-state index in [4.69, 9.17) is 27.9 Å². The fourth-order valence-corrected chi connectivity index (χ4v) is 3.83. The zero-order valence-corrected chi connectivity index (χ0v) is 18.7. The number of benzene rings is 3. The molecule has 0 fully saturated rings. The Morgan fingerprint density at radius 2 is 1.67 bits per heavy atom. The molecule has 0 saturated heterocycles. The minimum absolute atomic E-state index is 0. The zero-order valence-electron chi connectivity index (χ0n) is 16.3. The topological polar surface area (TPSA) is 37.0 Å². The number of hydrogen-bond donors (Lipinski definition) is 2. The zero-order chi connectivity index (χ0) is 20.1. The van der Waals surface area contributed by atoms with Crippen LogP contribution in [-0.4, -0.2) is 11.5 Å². The van der Waals surface area contributed by atoms with E-state index in [9.17, 15) is 0 Å². The molecule has 3 nitrogen and oxygen atoms in total. The van der Waals surface area contributed by atoms with Gasteiger partial charge in [0.1, 0.15) is 12.4 Å². The lowest BCUT2D eigenvalue weighted by Crippen LogP contribution is -2.17. The molecule has 0 atom stereocenters. The highest BCUT2D eigenvalue weighted by Crippen LogP contribution is 2.24. The van der Waals surface area contributed by atoms with Crippen LogP contribution in [0.15, 0.2) is 72.9 Å². The minimum Gasteiger partial charge on any atom is -0.489 e. The summed E-state index contributed by atoms with van der Waals surface area (Å²) in [7, 11) is 0. The first kappa shape index (κ1) is 22.5. The molecule has 2 N–H and O–H groups in total. The van der Waals surface area contributed by atoms with Crippen molar-refractivity contribution in [3.05, 3.63) is 99.7 Å². The van der Waals surface area contributed by atoms with Crippen LogP contribution in [-0.2, 0) is 19.6 Å².